The Balaban J connectivity index is 2.34. The second-order valence-corrected chi connectivity index (χ2v) is 3.10. The molecule has 13 heavy (non-hydrogen) atoms. The first-order chi connectivity index (χ1) is 6.15. The molecule has 0 atom stereocenters. The van der Waals surface area contributed by atoms with Crippen LogP contribution in [-0.2, 0) is 0 Å². The molecule has 0 spiro atoms. The molecule has 6 nitrogen and oxygen atoms in total. The molecule has 0 unspecified atom stereocenters. The minimum absolute atomic E-state index is 0.118. The Morgan fingerprint density at radius 1 is 1.54 bits per heavy atom. The molecular weight excluding hydrogens is 172 g/mol. The Hall–Kier alpha value is -1.46. The molecule has 2 amide bonds. The van der Waals surface area contributed by atoms with E-state index >= 15 is 0 Å². The molecule has 1 aliphatic carbocycles. The third-order valence-corrected chi connectivity index (χ3v) is 2.01. The average molecular weight is 186 g/mol. The van der Waals surface area contributed by atoms with Gasteiger partial charge in [-0.2, -0.15) is 0 Å². The van der Waals surface area contributed by atoms with E-state index in [1.54, 1.807) is 4.90 Å². The third-order valence-electron chi connectivity index (χ3n) is 2.01. The topological polar surface area (TPSA) is 105 Å². The summed E-state index contributed by atoms with van der Waals surface area (Å²) in [5.41, 5.74) is 10.4. The van der Waals surface area contributed by atoms with Crippen molar-refractivity contribution in [2.75, 3.05) is 6.54 Å². The van der Waals surface area contributed by atoms with Gasteiger partial charge < -0.3 is 21.6 Å². The van der Waals surface area contributed by atoms with Crippen molar-refractivity contribution in [1.29, 1.82) is 0 Å². The smallest absolute Gasteiger partial charge is 0.315 e. The maximum atomic E-state index is 10.9. The van der Waals surface area contributed by atoms with Gasteiger partial charge in [-0.25, -0.2) is 4.79 Å². The molecule has 0 saturated heterocycles. The van der Waals surface area contributed by atoms with Crippen molar-refractivity contribution in [3.8, 4) is 0 Å². The summed E-state index contributed by atoms with van der Waals surface area (Å²) in [6.45, 7) is 0.426. The number of carbonyl (C=O) groups is 1. The van der Waals surface area contributed by atoms with Crippen molar-refractivity contribution in [3.63, 3.8) is 0 Å². The van der Waals surface area contributed by atoms with E-state index in [0.29, 0.717) is 13.0 Å². The van der Waals surface area contributed by atoms with Gasteiger partial charge in [0.2, 0.25) is 0 Å². The molecule has 0 aliphatic heterocycles. The van der Waals surface area contributed by atoms with E-state index in [9.17, 15) is 4.79 Å². The number of urea groups is 1. The molecule has 1 aliphatic rings. The van der Waals surface area contributed by atoms with Crippen molar-refractivity contribution in [1.82, 2.24) is 4.90 Å². The predicted octanol–water partition coefficient (Wildman–Crippen LogP) is -0.334. The van der Waals surface area contributed by atoms with Crippen molar-refractivity contribution in [2.24, 2.45) is 16.6 Å². The number of oxime groups is 1. The van der Waals surface area contributed by atoms with Gasteiger partial charge in [0, 0.05) is 19.0 Å². The SMILES string of the molecule is NC(=O)N(CCC(N)=NO)C1CC1. The number of carbonyl (C=O) groups excluding carboxylic acids is 1. The summed E-state index contributed by atoms with van der Waals surface area (Å²) in [5.74, 6) is 0.118. The molecular formula is C7H14N4O2. The largest absolute Gasteiger partial charge is 0.409 e. The zero-order valence-corrected chi connectivity index (χ0v) is 7.31. The lowest BCUT2D eigenvalue weighted by Gasteiger charge is -2.18. The highest BCUT2D eigenvalue weighted by Gasteiger charge is 2.30. The first-order valence-electron chi connectivity index (χ1n) is 4.17. The maximum absolute atomic E-state index is 10.9. The van der Waals surface area contributed by atoms with E-state index in [-0.39, 0.29) is 11.9 Å². The quantitative estimate of drug-likeness (QED) is 0.242. The second-order valence-electron chi connectivity index (χ2n) is 3.10. The summed E-state index contributed by atoms with van der Waals surface area (Å²) in [5, 5.41) is 11.1. The van der Waals surface area contributed by atoms with Crippen LogP contribution in [0.3, 0.4) is 0 Å². The molecule has 5 N–H and O–H groups in total. The molecule has 74 valence electrons. The molecule has 1 fully saturated rings. The fourth-order valence-corrected chi connectivity index (χ4v) is 1.14. The van der Waals surface area contributed by atoms with E-state index in [4.69, 9.17) is 16.7 Å². The maximum Gasteiger partial charge on any atom is 0.315 e. The Labute approximate surface area is 76.2 Å². The van der Waals surface area contributed by atoms with Crippen LogP contribution in [0.1, 0.15) is 19.3 Å². The summed E-state index contributed by atoms with van der Waals surface area (Å²) in [7, 11) is 0. The fraction of sp³-hybridized carbons (Fsp3) is 0.714. The fourth-order valence-electron chi connectivity index (χ4n) is 1.14. The predicted molar refractivity (Wildman–Crippen MR) is 47.3 cm³/mol. The zero-order chi connectivity index (χ0) is 9.84. The van der Waals surface area contributed by atoms with Crippen molar-refractivity contribution < 1.29 is 10.0 Å². The van der Waals surface area contributed by atoms with Crippen LogP contribution < -0.4 is 11.5 Å². The molecule has 6 heteroatoms. The number of amides is 2. The van der Waals surface area contributed by atoms with Crippen molar-refractivity contribution >= 4 is 11.9 Å². The zero-order valence-electron chi connectivity index (χ0n) is 7.31. The van der Waals surface area contributed by atoms with Crippen LogP contribution in [0.25, 0.3) is 0 Å². The number of nitrogens with zero attached hydrogens (tertiary/aromatic N) is 2. The molecule has 1 saturated carbocycles. The molecule has 0 aromatic rings. The summed E-state index contributed by atoms with van der Waals surface area (Å²) < 4.78 is 0. The van der Waals surface area contributed by atoms with Gasteiger partial charge in [0.05, 0.1) is 0 Å². The van der Waals surface area contributed by atoms with Gasteiger partial charge in [-0.3, -0.25) is 0 Å². The first kappa shape index (κ1) is 9.63. The number of hydrogen-bond acceptors (Lipinski definition) is 3. The average Bonchev–Trinajstić information content (AvgIpc) is 2.87. The van der Waals surface area contributed by atoms with Crippen LogP contribution in [0.5, 0.6) is 0 Å². The van der Waals surface area contributed by atoms with Gasteiger partial charge in [-0.1, -0.05) is 5.16 Å². The molecule has 0 aromatic heterocycles. The number of amidine groups is 1. The molecule has 1 rings (SSSR count). The number of hydrogen-bond donors (Lipinski definition) is 3. The molecule has 0 heterocycles. The number of rotatable bonds is 4. The van der Waals surface area contributed by atoms with Crippen LogP contribution in [-0.4, -0.2) is 34.6 Å². The lowest BCUT2D eigenvalue weighted by Crippen LogP contribution is -2.39. The van der Waals surface area contributed by atoms with Gasteiger partial charge in [0.25, 0.3) is 0 Å². The number of nitrogens with two attached hydrogens (primary N) is 2. The van der Waals surface area contributed by atoms with Crippen LogP contribution in [0.2, 0.25) is 0 Å². The number of primary amides is 1. The standard InChI is InChI=1S/C7H14N4O2/c8-6(10-13)3-4-11(7(9)12)5-1-2-5/h5,13H,1-4H2,(H2,8,10)(H2,9,12). The molecule has 0 aromatic carbocycles. The second kappa shape index (κ2) is 3.97. The van der Waals surface area contributed by atoms with Crippen molar-refractivity contribution in [3.05, 3.63) is 0 Å². The van der Waals surface area contributed by atoms with E-state index in [1.807, 2.05) is 0 Å². The molecule has 0 bridgehead atoms. The van der Waals surface area contributed by atoms with Crippen LogP contribution >= 0.6 is 0 Å². The highest BCUT2D eigenvalue weighted by Crippen LogP contribution is 2.26. The minimum Gasteiger partial charge on any atom is -0.409 e. The Bertz CT molecular complexity index is 225. The highest BCUT2D eigenvalue weighted by molar-refractivity contribution is 5.80. The van der Waals surface area contributed by atoms with Gasteiger partial charge in [-0.05, 0) is 12.8 Å². The van der Waals surface area contributed by atoms with Crippen LogP contribution in [0, 0.1) is 0 Å². The lowest BCUT2D eigenvalue weighted by molar-refractivity contribution is 0.206. The summed E-state index contributed by atoms with van der Waals surface area (Å²) in [4.78, 5) is 12.4. The Kier molecular flexibility index (Phi) is 2.94. The Morgan fingerprint density at radius 2 is 2.15 bits per heavy atom. The van der Waals surface area contributed by atoms with E-state index in [0.717, 1.165) is 12.8 Å². The normalized spacial score (nSPS) is 17.1. The Morgan fingerprint density at radius 3 is 2.54 bits per heavy atom. The highest BCUT2D eigenvalue weighted by atomic mass is 16.4. The minimum atomic E-state index is -0.437. The van der Waals surface area contributed by atoms with Gasteiger partial charge >= 0.3 is 6.03 Å². The summed E-state index contributed by atoms with van der Waals surface area (Å²) in [6.07, 6.45) is 2.36. The van der Waals surface area contributed by atoms with Crippen LogP contribution in [0.15, 0.2) is 5.16 Å². The van der Waals surface area contributed by atoms with Gasteiger partial charge in [0.15, 0.2) is 0 Å². The summed E-state index contributed by atoms with van der Waals surface area (Å²) in [6, 6.07) is -0.169. The van der Waals surface area contributed by atoms with Gasteiger partial charge in [0.1, 0.15) is 5.84 Å². The van der Waals surface area contributed by atoms with E-state index in [1.165, 1.54) is 0 Å². The van der Waals surface area contributed by atoms with Crippen LogP contribution in [0.4, 0.5) is 4.79 Å². The summed E-state index contributed by atoms with van der Waals surface area (Å²) >= 11 is 0. The third kappa shape index (κ3) is 2.81. The van der Waals surface area contributed by atoms with Crippen molar-refractivity contribution in [2.45, 2.75) is 25.3 Å². The molecule has 0 radical (unpaired) electrons. The first-order valence-corrected chi connectivity index (χ1v) is 4.17. The van der Waals surface area contributed by atoms with Gasteiger partial charge in [-0.15, -0.1) is 0 Å². The monoisotopic (exact) mass is 186 g/mol. The lowest BCUT2D eigenvalue weighted by atomic mass is 10.3. The van der Waals surface area contributed by atoms with E-state index in [2.05, 4.69) is 5.16 Å². The van der Waals surface area contributed by atoms with E-state index < -0.39 is 6.03 Å².